The molecule has 0 unspecified atom stereocenters. The van der Waals surface area contributed by atoms with Gasteiger partial charge in [-0.3, -0.25) is 4.79 Å². The number of anilines is 1. The molecule has 1 aromatic heterocycles. The second-order valence-electron chi connectivity index (χ2n) is 6.31. The van der Waals surface area contributed by atoms with E-state index in [1.54, 1.807) is 43.3 Å². The lowest BCUT2D eigenvalue weighted by molar-refractivity contribution is -0.118. The number of hydrogen-bond donors (Lipinski definition) is 1. The fraction of sp³-hybridized carbons (Fsp3) is 0.211. The number of nitrogens with zero attached hydrogens (tertiary/aromatic N) is 3. The van der Waals surface area contributed by atoms with E-state index in [-0.39, 0.29) is 11.5 Å². The van der Waals surface area contributed by atoms with Crippen LogP contribution >= 0.6 is 0 Å². The summed E-state index contributed by atoms with van der Waals surface area (Å²) in [6.07, 6.45) is 0. The highest BCUT2D eigenvalue weighted by Gasteiger charge is 2.17. The minimum absolute atomic E-state index is 0.0912. The summed E-state index contributed by atoms with van der Waals surface area (Å²) in [6, 6.07) is 12.9. The van der Waals surface area contributed by atoms with E-state index in [0.717, 1.165) is 9.87 Å². The summed E-state index contributed by atoms with van der Waals surface area (Å²) < 4.78 is 35.9. The van der Waals surface area contributed by atoms with Crippen LogP contribution < -0.4 is 10.1 Å². The van der Waals surface area contributed by atoms with E-state index in [2.05, 4.69) is 15.5 Å². The molecule has 152 valence electrons. The number of aromatic nitrogens is 2. The van der Waals surface area contributed by atoms with E-state index in [1.807, 2.05) is 0 Å². The Balaban J connectivity index is 1.59. The standard InChI is InChI=1S/C19H20N4O5S/c1-13-20-19(22-28-13)14-7-9-16(10-8-14)27-12-18(24)21-15-5-4-6-17(11-15)29(25,26)23(2)3/h4-11H,12H2,1-3H3,(H,21,24). The maximum atomic E-state index is 12.2. The van der Waals surface area contributed by atoms with Crippen LogP contribution in [0.25, 0.3) is 11.4 Å². The molecule has 1 heterocycles. The molecular formula is C19H20N4O5S. The molecule has 0 saturated carbocycles. The summed E-state index contributed by atoms with van der Waals surface area (Å²) in [5, 5.41) is 6.46. The van der Waals surface area contributed by atoms with Gasteiger partial charge in [0.15, 0.2) is 6.61 Å². The number of carbonyl (C=O) groups is 1. The van der Waals surface area contributed by atoms with Crippen LogP contribution in [0.1, 0.15) is 5.89 Å². The van der Waals surface area contributed by atoms with Gasteiger partial charge in [0.1, 0.15) is 5.75 Å². The predicted octanol–water partition coefficient (Wildman–Crippen LogP) is 2.31. The normalized spacial score (nSPS) is 11.4. The fourth-order valence-corrected chi connectivity index (χ4v) is 3.36. The molecule has 10 heteroatoms. The molecule has 0 aliphatic carbocycles. The van der Waals surface area contributed by atoms with E-state index >= 15 is 0 Å². The number of hydrogen-bond acceptors (Lipinski definition) is 7. The van der Waals surface area contributed by atoms with Gasteiger partial charge in [-0.15, -0.1) is 0 Å². The van der Waals surface area contributed by atoms with Crippen LogP contribution in [-0.4, -0.2) is 49.5 Å². The average Bonchev–Trinajstić information content (AvgIpc) is 3.13. The Kier molecular flexibility index (Phi) is 5.95. The Bertz CT molecular complexity index is 1110. The lowest BCUT2D eigenvalue weighted by Gasteiger charge is -2.13. The zero-order valence-corrected chi connectivity index (χ0v) is 16.9. The topological polar surface area (TPSA) is 115 Å². The van der Waals surface area contributed by atoms with Gasteiger partial charge in [0, 0.05) is 32.3 Å². The van der Waals surface area contributed by atoms with Gasteiger partial charge >= 0.3 is 0 Å². The Hall–Kier alpha value is -3.24. The average molecular weight is 416 g/mol. The number of ether oxygens (including phenoxy) is 1. The first-order valence-corrected chi connectivity index (χ1v) is 10.1. The first-order valence-electron chi connectivity index (χ1n) is 8.62. The van der Waals surface area contributed by atoms with E-state index in [9.17, 15) is 13.2 Å². The maximum absolute atomic E-state index is 12.2. The molecule has 1 N–H and O–H groups in total. The monoisotopic (exact) mass is 416 g/mol. The van der Waals surface area contributed by atoms with E-state index in [1.165, 1.54) is 26.2 Å². The Labute approximate surface area is 168 Å². The van der Waals surface area contributed by atoms with Crippen molar-refractivity contribution >= 4 is 21.6 Å². The van der Waals surface area contributed by atoms with Crippen LogP contribution in [0.4, 0.5) is 5.69 Å². The van der Waals surface area contributed by atoms with Crippen molar-refractivity contribution in [1.82, 2.24) is 14.4 Å². The van der Waals surface area contributed by atoms with E-state index in [4.69, 9.17) is 9.26 Å². The van der Waals surface area contributed by atoms with Gasteiger partial charge in [0.2, 0.25) is 21.7 Å². The largest absolute Gasteiger partial charge is 0.484 e. The molecule has 3 rings (SSSR count). The lowest BCUT2D eigenvalue weighted by Crippen LogP contribution is -2.23. The van der Waals surface area contributed by atoms with Crippen molar-refractivity contribution in [3.05, 3.63) is 54.4 Å². The summed E-state index contributed by atoms with van der Waals surface area (Å²) in [5.41, 5.74) is 1.13. The number of benzene rings is 2. The number of aryl methyl sites for hydroxylation is 1. The van der Waals surface area contributed by atoms with E-state index in [0.29, 0.717) is 23.2 Å². The molecular weight excluding hydrogens is 396 g/mol. The van der Waals surface area contributed by atoms with Crippen molar-refractivity contribution in [2.45, 2.75) is 11.8 Å². The SMILES string of the molecule is Cc1nc(-c2ccc(OCC(=O)Nc3cccc(S(=O)(=O)N(C)C)c3)cc2)no1. The molecule has 0 saturated heterocycles. The molecule has 0 spiro atoms. The molecule has 0 radical (unpaired) electrons. The molecule has 0 aliphatic rings. The minimum atomic E-state index is -3.58. The molecule has 9 nitrogen and oxygen atoms in total. The van der Waals surface area contributed by atoms with Crippen molar-refractivity contribution in [3.63, 3.8) is 0 Å². The highest BCUT2D eigenvalue weighted by atomic mass is 32.2. The quantitative estimate of drug-likeness (QED) is 0.628. The van der Waals surface area contributed by atoms with Crippen molar-refractivity contribution < 1.29 is 22.5 Å². The summed E-state index contributed by atoms with van der Waals surface area (Å²) >= 11 is 0. The molecule has 2 aromatic carbocycles. The molecule has 0 atom stereocenters. The van der Waals surface area contributed by atoms with Gasteiger partial charge in [-0.2, -0.15) is 4.98 Å². The highest BCUT2D eigenvalue weighted by molar-refractivity contribution is 7.89. The maximum Gasteiger partial charge on any atom is 0.262 e. The first-order chi connectivity index (χ1) is 13.8. The third-order valence-electron chi connectivity index (χ3n) is 3.91. The number of sulfonamides is 1. The third-order valence-corrected chi connectivity index (χ3v) is 5.72. The van der Waals surface area contributed by atoms with Gasteiger partial charge in [-0.05, 0) is 42.5 Å². The lowest BCUT2D eigenvalue weighted by atomic mass is 10.2. The van der Waals surface area contributed by atoms with Gasteiger partial charge < -0.3 is 14.6 Å². The summed E-state index contributed by atoms with van der Waals surface area (Å²) in [4.78, 5) is 16.4. The number of rotatable bonds is 7. The van der Waals surface area contributed by atoms with Crippen LogP contribution in [0.2, 0.25) is 0 Å². The Morgan fingerprint density at radius 3 is 2.52 bits per heavy atom. The van der Waals surface area contributed by atoms with Crippen molar-refractivity contribution in [1.29, 1.82) is 0 Å². The smallest absolute Gasteiger partial charge is 0.262 e. The Morgan fingerprint density at radius 1 is 1.17 bits per heavy atom. The van der Waals surface area contributed by atoms with Crippen molar-refractivity contribution in [3.8, 4) is 17.1 Å². The van der Waals surface area contributed by atoms with Gasteiger partial charge in [0.25, 0.3) is 5.91 Å². The minimum Gasteiger partial charge on any atom is -0.484 e. The number of carbonyl (C=O) groups excluding carboxylic acids is 1. The van der Waals surface area contributed by atoms with Gasteiger partial charge in [0.05, 0.1) is 4.90 Å². The summed E-state index contributed by atoms with van der Waals surface area (Å²) in [5.74, 6) is 1.02. The number of nitrogens with one attached hydrogen (secondary N) is 1. The van der Waals surface area contributed by atoms with E-state index < -0.39 is 15.9 Å². The second-order valence-corrected chi connectivity index (χ2v) is 8.47. The molecule has 1 amide bonds. The van der Waals surface area contributed by atoms with Crippen molar-refractivity contribution in [2.24, 2.45) is 0 Å². The molecule has 0 aliphatic heterocycles. The fourth-order valence-electron chi connectivity index (χ4n) is 2.41. The van der Waals surface area contributed by atoms with Crippen LogP contribution in [-0.2, 0) is 14.8 Å². The van der Waals surface area contributed by atoms with Crippen molar-refractivity contribution in [2.75, 3.05) is 26.0 Å². The molecule has 0 bridgehead atoms. The zero-order valence-electron chi connectivity index (χ0n) is 16.1. The van der Waals surface area contributed by atoms with Crippen LogP contribution in [0.15, 0.2) is 57.9 Å². The zero-order chi connectivity index (χ0) is 21.0. The van der Waals surface area contributed by atoms with Gasteiger partial charge in [-0.25, -0.2) is 12.7 Å². The molecule has 0 fully saturated rings. The molecule has 3 aromatic rings. The molecule has 29 heavy (non-hydrogen) atoms. The second kappa shape index (κ2) is 8.41. The highest BCUT2D eigenvalue weighted by Crippen LogP contribution is 2.20. The van der Waals surface area contributed by atoms with Gasteiger partial charge in [-0.1, -0.05) is 11.2 Å². The third kappa shape index (κ3) is 4.98. The van der Waals surface area contributed by atoms with Crippen LogP contribution in [0, 0.1) is 6.92 Å². The first kappa shape index (κ1) is 20.5. The van der Waals surface area contributed by atoms with Crippen LogP contribution in [0.5, 0.6) is 5.75 Å². The summed E-state index contributed by atoms with van der Waals surface area (Å²) in [6.45, 7) is 1.48. The van der Waals surface area contributed by atoms with Crippen LogP contribution in [0.3, 0.4) is 0 Å². The predicted molar refractivity (Wildman–Crippen MR) is 106 cm³/mol. The number of amides is 1. The Morgan fingerprint density at radius 2 is 1.90 bits per heavy atom. The summed E-state index contributed by atoms with van der Waals surface area (Å²) in [7, 11) is -0.694.